The van der Waals surface area contributed by atoms with Crippen LogP contribution in [0.15, 0.2) is 11.6 Å². The number of aromatic nitrogens is 1. The van der Waals surface area contributed by atoms with Gasteiger partial charge in [-0.25, -0.2) is 4.98 Å². The van der Waals surface area contributed by atoms with Crippen molar-refractivity contribution >= 4 is 17.1 Å². The van der Waals surface area contributed by atoms with E-state index in [9.17, 15) is 4.79 Å². The molecule has 0 aromatic carbocycles. The molecular formula is C8H11NO2S. The number of carbonyl (C=O) groups is 1. The molecule has 0 amide bonds. The summed E-state index contributed by atoms with van der Waals surface area (Å²) < 4.78 is 4.79. The van der Waals surface area contributed by atoms with Crippen molar-refractivity contribution in [2.75, 3.05) is 13.7 Å². The number of thiazole rings is 1. The molecule has 1 rings (SSSR count). The van der Waals surface area contributed by atoms with E-state index in [2.05, 4.69) is 4.98 Å². The number of hydrogen-bond donors (Lipinski definition) is 0. The summed E-state index contributed by atoms with van der Waals surface area (Å²) in [5.74, 6) is 0.187. The Balaban J connectivity index is 2.27. The summed E-state index contributed by atoms with van der Waals surface area (Å²) in [6, 6.07) is 0. The van der Waals surface area contributed by atoms with E-state index in [1.54, 1.807) is 13.3 Å². The predicted molar refractivity (Wildman–Crippen MR) is 47.3 cm³/mol. The molecule has 0 saturated heterocycles. The molecule has 0 bridgehead atoms. The van der Waals surface area contributed by atoms with E-state index in [0.717, 1.165) is 5.01 Å². The number of rotatable bonds is 5. The van der Waals surface area contributed by atoms with Crippen LogP contribution in [0.5, 0.6) is 0 Å². The fourth-order valence-electron chi connectivity index (χ4n) is 0.813. The lowest BCUT2D eigenvalue weighted by atomic mass is 10.2. The molecule has 3 nitrogen and oxygen atoms in total. The Labute approximate surface area is 75.4 Å². The molecular weight excluding hydrogens is 174 g/mol. The second-order valence-corrected chi connectivity index (χ2v) is 3.36. The van der Waals surface area contributed by atoms with Gasteiger partial charge in [0.25, 0.3) is 0 Å². The van der Waals surface area contributed by atoms with E-state index >= 15 is 0 Å². The quantitative estimate of drug-likeness (QED) is 0.694. The summed E-state index contributed by atoms with van der Waals surface area (Å²) in [7, 11) is 1.59. The Hall–Kier alpha value is -0.740. The average molecular weight is 185 g/mol. The molecule has 0 spiro atoms. The van der Waals surface area contributed by atoms with Crippen molar-refractivity contribution in [1.29, 1.82) is 0 Å². The first-order valence-electron chi connectivity index (χ1n) is 3.72. The Bertz CT molecular complexity index is 233. The third-order valence-electron chi connectivity index (χ3n) is 1.42. The van der Waals surface area contributed by atoms with Gasteiger partial charge in [-0.15, -0.1) is 11.3 Å². The molecule has 0 fully saturated rings. The van der Waals surface area contributed by atoms with E-state index in [-0.39, 0.29) is 5.78 Å². The van der Waals surface area contributed by atoms with Gasteiger partial charge in [-0.05, 0) is 0 Å². The van der Waals surface area contributed by atoms with Gasteiger partial charge >= 0.3 is 0 Å². The van der Waals surface area contributed by atoms with Crippen LogP contribution in [0.2, 0.25) is 0 Å². The third-order valence-corrected chi connectivity index (χ3v) is 2.20. The van der Waals surface area contributed by atoms with E-state index < -0.39 is 0 Å². The summed E-state index contributed by atoms with van der Waals surface area (Å²) >= 11 is 1.51. The molecule has 4 heteroatoms. The Kier molecular flexibility index (Phi) is 3.90. The lowest BCUT2D eigenvalue weighted by Crippen LogP contribution is -2.05. The first-order valence-corrected chi connectivity index (χ1v) is 4.60. The topological polar surface area (TPSA) is 39.2 Å². The van der Waals surface area contributed by atoms with Crippen LogP contribution >= 0.6 is 11.3 Å². The highest BCUT2D eigenvalue weighted by Gasteiger charge is 2.04. The van der Waals surface area contributed by atoms with Gasteiger partial charge in [0, 0.05) is 25.1 Å². The normalized spacial score (nSPS) is 10.1. The lowest BCUT2D eigenvalue weighted by Gasteiger charge is -1.96. The van der Waals surface area contributed by atoms with Crippen molar-refractivity contribution in [1.82, 2.24) is 4.98 Å². The van der Waals surface area contributed by atoms with Crippen molar-refractivity contribution in [3.63, 3.8) is 0 Å². The Morgan fingerprint density at radius 1 is 1.75 bits per heavy atom. The van der Waals surface area contributed by atoms with E-state index in [1.807, 2.05) is 5.38 Å². The second kappa shape index (κ2) is 5.00. The molecule has 0 aliphatic rings. The number of ether oxygens (including phenoxy) is 1. The number of methoxy groups -OCH3 is 1. The Morgan fingerprint density at radius 2 is 2.58 bits per heavy atom. The molecule has 0 unspecified atom stereocenters. The third kappa shape index (κ3) is 3.11. The fourth-order valence-corrected chi connectivity index (χ4v) is 1.46. The van der Waals surface area contributed by atoms with Gasteiger partial charge in [-0.3, -0.25) is 4.79 Å². The summed E-state index contributed by atoms with van der Waals surface area (Å²) in [4.78, 5) is 15.2. The van der Waals surface area contributed by atoms with Gasteiger partial charge < -0.3 is 4.74 Å². The van der Waals surface area contributed by atoms with Crippen molar-refractivity contribution < 1.29 is 9.53 Å². The molecule has 66 valence electrons. The predicted octanol–water partition coefficient (Wildman–Crippen LogP) is 1.29. The van der Waals surface area contributed by atoms with Crippen LogP contribution in [-0.2, 0) is 16.0 Å². The zero-order chi connectivity index (χ0) is 8.81. The average Bonchev–Trinajstić information content (AvgIpc) is 2.53. The molecule has 0 saturated carbocycles. The van der Waals surface area contributed by atoms with E-state index in [1.165, 1.54) is 11.3 Å². The molecule has 0 aliphatic carbocycles. The van der Waals surface area contributed by atoms with Crippen LogP contribution in [0.3, 0.4) is 0 Å². The largest absolute Gasteiger partial charge is 0.384 e. The Morgan fingerprint density at radius 3 is 3.17 bits per heavy atom. The van der Waals surface area contributed by atoms with Crippen LogP contribution in [-0.4, -0.2) is 24.5 Å². The zero-order valence-corrected chi connectivity index (χ0v) is 7.76. The molecule has 0 atom stereocenters. The van der Waals surface area contributed by atoms with Crippen LogP contribution in [0, 0.1) is 0 Å². The maximum absolute atomic E-state index is 11.2. The number of Topliss-reactive ketones (excluding diaryl/α,β-unsaturated/α-hetero) is 1. The zero-order valence-electron chi connectivity index (χ0n) is 6.95. The van der Waals surface area contributed by atoms with Crippen molar-refractivity contribution in [3.05, 3.63) is 16.6 Å². The van der Waals surface area contributed by atoms with E-state index in [4.69, 9.17) is 4.74 Å². The van der Waals surface area contributed by atoms with Gasteiger partial charge in [-0.2, -0.15) is 0 Å². The molecule has 0 radical (unpaired) electrons. The minimum absolute atomic E-state index is 0.187. The van der Waals surface area contributed by atoms with Crippen molar-refractivity contribution in [2.45, 2.75) is 12.8 Å². The minimum atomic E-state index is 0.187. The van der Waals surface area contributed by atoms with Gasteiger partial charge in [0.2, 0.25) is 0 Å². The monoisotopic (exact) mass is 185 g/mol. The highest BCUT2D eigenvalue weighted by atomic mass is 32.1. The highest BCUT2D eigenvalue weighted by molar-refractivity contribution is 7.09. The number of ketones is 1. The summed E-state index contributed by atoms with van der Waals surface area (Å²) in [5, 5.41) is 2.76. The van der Waals surface area contributed by atoms with Gasteiger partial charge in [-0.1, -0.05) is 0 Å². The summed E-state index contributed by atoms with van der Waals surface area (Å²) in [6.07, 6.45) is 2.64. The van der Waals surface area contributed by atoms with Crippen LogP contribution in [0.1, 0.15) is 11.4 Å². The summed E-state index contributed by atoms with van der Waals surface area (Å²) in [6.45, 7) is 0.504. The summed E-state index contributed by atoms with van der Waals surface area (Å²) in [5.41, 5.74) is 0. The van der Waals surface area contributed by atoms with Crippen molar-refractivity contribution in [3.8, 4) is 0 Å². The van der Waals surface area contributed by atoms with Gasteiger partial charge in [0.05, 0.1) is 18.0 Å². The fraction of sp³-hybridized carbons (Fsp3) is 0.500. The number of nitrogens with zero attached hydrogens (tertiary/aromatic N) is 1. The van der Waals surface area contributed by atoms with Gasteiger partial charge in [0.15, 0.2) is 0 Å². The van der Waals surface area contributed by atoms with Crippen LogP contribution in [0.25, 0.3) is 0 Å². The van der Waals surface area contributed by atoms with Gasteiger partial charge in [0.1, 0.15) is 5.78 Å². The first kappa shape index (κ1) is 9.35. The molecule has 0 N–H and O–H groups in total. The van der Waals surface area contributed by atoms with Crippen molar-refractivity contribution in [2.24, 2.45) is 0 Å². The number of carbonyl (C=O) groups excluding carboxylic acids is 1. The second-order valence-electron chi connectivity index (χ2n) is 2.38. The maximum atomic E-state index is 11.2. The molecule has 0 aliphatic heterocycles. The molecule has 1 heterocycles. The highest BCUT2D eigenvalue weighted by Crippen LogP contribution is 2.05. The maximum Gasteiger partial charge on any atom is 0.141 e. The van der Waals surface area contributed by atoms with Crippen LogP contribution < -0.4 is 0 Å². The molecule has 12 heavy (non-hydrogen) atoms. The van der Waals surface area contributed by atoms with E-state index in [0.29, 0.717) is 19.4 Å². The lowest BCUT2D eigenvalue weighted by molar-refractivity contribution is -0.119. The SMILES string of the molecule is COCCC(=O)Cc1nccs1. The minimum Gasteiger partial charge on any atom is -0.384 e. The molecule has 1 aromatic heterocycles. The standard InChI is InChI=1S/C8H11NO2S/c1-11-4-2-7(10)6-8-9-3-5-12-8/h3,5H,2,4,6H2,1H3. The first-order chi connectivity index (χ1) is 5.83. The molecule has 1 aromatic rings. The smallest absolute Gasteiger partial charge is 0.141 e. The van der Waals surface area contributed by atoms with Crippen LogP contribution in [0.4, 0.5) is 0 Å². The number of hydrogen-bond acceptors (Lipinski definition) is 4.